The van der Waals surface area contributed by atoms with Gasteiger partial charge in [0.25, 0.3) is 0 Å². The van der Waals surface area contributed by atoms with Gasteiger partial charge in [-0.05, 0) is 25.5 Å². The minimum atomic E-state index is 0.244. The molecule has 0 aliphatic carbocycles. The Labute approximate surface area is 100 Å². The van der Waals surface area contributed by atoms with E-state index in [1.165, 1.54) is 5.69 Å². The molecule has 0 amide bonds. The van der Waals surface area contributed by atoms with Gasteiger partial charge in [0.2, 0.25) is 0 Å². The average Bonchev–Trinajstić information content (AvgIpc) is 2.96. The van der Waals surface area contributed by atoms with Crippen LogP contribution in [0.1, 0.15) is 30.8 Å². The van der Waals surface area contributed by atoms with Gasteiger partial charge >= 0.3 is 0 Å². The normalized spacial score (nSPS) is 12.8. The van der Waals surface area contributed by atoms with Crippen molar-refractivity contribution in [2.45, 2.75) is 25.8 Å². The van der Waals surface area contributed by atoms with Crippen molar-refractivity contribution in [3.8, 4) is 0 Å². The minimum absolute atomic E-state index is 0.244. The van der Waals surface area contributed by atoms with E-state index in [0.717, 1.165) is 25.1 Å². The van der Waals surface area contributed by atoms with Crippen LogP contribution < -0.4 is 5.32 Å². The lowest BCUT2D eigenvalue weighted by Gasteiger charge is -2.14. The third kappa shape index (κ3) is 2.91. The van der Waals surface area contributed by atoms with Crippen molar-refractivity contribution in [1.82, 2.24) is 30.5 Å². The van der Waals surface area contributed by atoms with Gasteiger partial charge in [-0.2, -0.15) is 20.5 Å². The molecule has 6 nitrogen and oxygen atoms in total. The summed E-state index contributed by atoms with van der Waals surface area (Å²) >= 11 is 0. The Hall–Kier alpha value is -1.69. The predicted octanol–water partition coefficient (Wildman–Crippen LogP) is 0.822. The second kappa shape index (κ2) is 5.58. The van der Waals surface area contributed by atoms with Crippen molar-refractivity contribution >= 4 is 0 Å². The lowest BCUT2D eigenvalue weighted by atomic mass is 10.1. The summed E-state index contributed by atoms with van der Waals surface area (Å²) in [6.45, 7) is 3.01. The van der Waals surface area contributed by atoms with Crippen LogP contribution in [0.4, 0.5) is 0 Å². The Morgan fingerprint density at radius 3 is 3.00 bits per heavy atom. The third-order valence-electron chi connectivity index (χ3n) is 2.85. The second-order valence-electron chi connectivity index (χ2n) is 3.99. The largest absolute Gasteiger partial charge is 0.309 e. The molecule has 92 valence electrons. The summed E-state index contributed by atoms with van der Waals surface area (Å²) in [5.74, 6) is 0. The molecule has 2 aromatic rings. The van der Waals surface area contributed by atoms with Gasteiger partial charge in [0.1, 0.15) is 0 Å². The van der Waals surface area contributed by atoms with Crippen LogP contribution >= 0.6 is 0 Å². The van der Waals surface area contributed by atoms with Crippen LogP contribution in [-0.4, -0.2) is 31.7 Å². The Morgan fingerprint density at radius 1 is 1.53 bits per heavy atom. The molecule has 6 heteroatoms. The summed E-state index contributed by atoms with van der Waals surface area (Å²) in [4.78, 5) is 0. The maximum absolute atomic E-state index is 4.17. The molecule has 1 unspecified atom stereocenters. The van der Waals surface area contributed by atoms with E-state index >= 15 is 0 Å². The number of aryl methyl sites for hydroxylation is 2. The van der Waals surface area contributed by atoms with Crippen LogP contribution in [0.5, 0.6) is 0 Å². The van der Waals surface area contributed by atoms with Crippen LogP contribution in [0.3, 0.4) is 0 Å². The van der Waals surface area contributed by atoms with E-state index in [9.17, 15) is 0 Å². The summed E-state index contributed by atoms with van der Waals surface area (Å²) in [7, 11) is 1.97. The lowest BCUT2D eigenvalue weighted by Crippen LogP contribution is -2.22. The molecule has 0 aliphatic heterocycles. The van der Waals surface area contributed by atoms with Gasteiger partial charge in [-0.1, -0.05) is 6.92 Å². The number of aromatic nitrogens is 5. The van der Waals surface area contributed by atoms with Gasteiger partial charge < -0.3 is 5.32 Å². The zero-order valence-electron chi connectivity index (χ0n) is 10.2. The fourth-order valence-electron chi connectivity index (χ4n) is 1.92. The molecule has 0 bridgehead atoms. The molecule has 0 saturated carbocycles. The molecule has 2 rings (SSSR count). The van der Waals surface area contributed by atoms with Gasteiger partial charge in [-0.3, -0.25) is 4.68 Å². The summed E-state index contributed by atoms with van der Waals surface area (Å²) in [6, 6.07) is 2.29. The summed E-state index contributed by atoms with van der Waals surface area (Å²) in [6.07, 6.45) is 5.56. The van der Waals surface area contributed by atoms with Gasteiger partial charge in [0.05, 0.1) is 17.9 Å². The van der Waals surface area contributed by atoms with E-state index in [0.29, 0.717) is 0 Å². The van der Waals surface area contributed by atoms with E-state index in [-0.39, 0.29) is 6.04 Å². The highest BCUT2D eigenvalue weighted by atomic mass is 15.3. The van der Waals surface area contributed by atoms with Crippen LogP contribution in [0.25, 0.3) is 0 Å². The van der Waals surface area contributed by atoms with Gasteiger partial charge in [-0.25, -0.2) is 0 Å². The first-order valence-electron chi connectivity index (χ1n) is 5.87. The molecule has 2 heterocycles. The van der Waals surface area contributed by atoms with Crippen molar-refractivity contribution in [2.24, 2.45) is 7.05 Å². The zero-order valence-corrected chi connectivity index (χ0v) is 10.2. The fraction of sp³-hybridized carbons (Fsp3) is 0.545. The van der Waals surface area contributed by atoms with Crippen molar-refractivity contribution in [2.75, 3.05) is 6.54 Å². The number of aromatic amines is 1. The molecule has 0 saturated heterocycles. The number of rotatable bonds is 6. The number of H-pyrrole nitrogens is 1. The highest BCUT2D eigenvalue weighted by Crippen LogP contribution is 2.15. The Kier molecular flexibility index (Phi) is 3.87. The molecule has 2 N–H and O–H groups in total. The van der Waals surface area contributed by atoms with Crippen LogP contribution in [0, 0.1) is 0 Å². The fourth-order valence-corrected chi connectivity index (χ4v) is 1.92. The van der Waals surface area contributed by atoms with Crippen LogP contribution in [-0.2, 0) is 13.5 Å². The first-order valence-corrected chi connectivity index (χ1v) is 5.87. The zero-order chi connectivity index (χ0) is 12.1. The molecule has 0 aliphatic rings. The smallest absolute Gasteiger partial charge is 0.0993 e. The molecule has 17 heavy (non-hydrogen) atoms. The Bertz CT molecular complexity index is 433. The van der Waals surface area contributed by atoms with Crippen LogP contribution in [0.2, 0.25) is 0 Å². The summed E-state index contributed by atoms with van der Waals surface area (Å²) in [5, 5.41) is 18.2. The standard InChI is InChI=1S/C11H18N6/c1-3-12-10(11-8-13-16-15-11)5-4-9-6-7-14-17(9)2/h6-8,10,12H,3-5H2,1-2H3,(H,13,15,16). The molecule has 2 aromatic heterocycles. The topological polar surface area (TPSA) is 71.4 Å². The van der Waals surface area contributed by atoms with Crippen molar-refractivity contribution in [3.05, 3.63) is 29.8 Å². The number of nitrogens with zero attached hydrogens (tertiary/aromatic N) is 4. The molecular weight excluding hydrogens is 216 g/mol. The van der Waals surface area contributed by atoms with E-state index in [2.05, 4.69) is 32.7 Å². The van der Waals surface area contributed by atoms with Crippen molar-refractivity contribution in [1.29, 1.82) is 0 Å². The summed E-state index contributed by atoms with van der Waals surface area (Å²) in [5.41, 5.74) is 2.20. The third-order valence-corrected chi connectivity index (χ3v) is 2.85. The minimum Gasteiger partial charge on any atom is -0.309 e. The quantitative estimate of drug-likeness (QED) is 0.776. The highest BCUT2D eigenvalue weighted by molar-refractivity contribution is 5.04. The first kappa shape index (κ1) is 11.8. The van der Waals surface area contributed by atoms with E-state index < -0.39 is 0 Å². The Balaban J connectivity index is 1.97. The molecule has 0 radical (unpaired) electrons. The van der Waals surface area contributed by atoms with Crippen LogP contribution in [0.15, 0.2) is 18.5 Å². The Morgan fingerprint density at radius 2 is 2.41 bits per heavy atom. The lowest BCUT2D eigenvalue weighted by molar-refractivity contribution is 0.494. The molecule has 0 aromatic carbocycles. The molecule has 0 spiro atoms. The monoisotopic (exact) mass is 234 g/mol. The molecule has 1 atom stereocenters. The number of nitrogens with one attached hydrogen (secondary N) is 2. The first-order chi connectivity index (χ1) is 8.31. The summed E-state index contributed by atoms with van der Waals surface area (Å²) < 4.78 is 1.91. The maximum Gasteiger partial charge on any atom is 0.0993 e. The SMILES string of the molecule is CCNC(CCc1ccnn1C)c1cn[nH]n1. The number of hydrogen-bond donors (Lipinski definition) is 2. The predicted molar refractivity (Wildman–Crippen MR) is 64.3 cm³/mol. The number of hydrogen-bond acceptors (Lipinski definition) is 4. The molecular formula is C11H18N6. The highest BCUT2D eigenvalue weighted by Gasteiger charge is 2.13. The van der Waals surface area contributed by atoms with E-state index in [1.807, 2.05) is 24.0 Å². The molecule has 0 fully saturated rings. The van der Waals surface area contributed by atoms with Crippen molar-refractivity contribution in [3.63, 3.8) is 0 Å². The van der Waals surface area contributed by atoms with Gasteiger partial charge in [0, 0.05) is 18.9 Å². The van der Waals surface area contributed by atoms with E-state index in [4.69, 9.17) is 0 Å². The second-order valence-corrected chi connectivity index (χ2v) is 3.99. The average molecular weight is 234 g/mol. The van der Waals surface area contributed by atoms with Gasteiger partial charge in [0.15, 0.2) is 0 Å². The van der Waals surface area contributed by atoms with Gasteiger partial charge in [-0.15, -0.1) is 0 Å². The van der Waals surface area contributed by atoms with E-state index in [1.54, 1.807) is 6.20 Å². The maximum atomic E-state index is 4.17. The van der Waals surface area contributed by atoms with Crippen molar-refractivity contribution < 1.29 is 0 Å².